The molecule has 0 radical (unpaired) electrons. The summed E-state index contributed by atoms with van der Waals surface area (Å²) in [6.45, 7) is 2.01. The molecule has 11 heteroatoms. The highest BCUT2D eigenvalue weighted by atomic mass is 32.2. The first kappa shape index (κ1) is 29.4. The average Bonchev–Trinajstić information content (AvgIpc) is 2.81. The van der Waals surface area contributed by atoms with Crippen molar-refractivity contribution >= 4 is 35.5 Å². The van der Waals surface area contributed by atoms with Gasteiger partial charge >= 0.3 is 5.97 Å². The summed E-state index contributed by atoms with van der Waals surface area (Å²) < 4.78 is 0. The number of amides is 3. The quantitative estimate of drug-likeness (QED) is 0.174. The summed E-state index contributed by atoms with van der Waals surface area (Å²) in [5, 5.41) is 17.2. The van der Waals surface area contributed by atoms with Crippen LogP contribution in [0, 0.1) is 0 Å². The highest BCUT2D eigenvalue weighted by molar-refractivity contribution is 7.98. The van der Waals surface area contributed by atoms with Crippen molar-refractivity contribution in [2.45, 2.75) is 63.2 Å². The van der Waals surface area contributed by atoms with E-state index in [4.69, 9.17) is 11.5 Å². The number of carbonyl (C=O) groups excluding carboxylic acids is 3. The third-order valence-electron chi connectivity index (χ3n) is 5.20. The molecule has 0 aromatic heterocycles. The van der Waals surface area contributed by atoms with Gasteiger partial charge in [0, 0.05) is 6.42 Å². The zero-order valence-electron chi connectivity index (χ0n) is 19.8. The first-order valence-corrected chi connectivity index (χ1v) is 12.7. The van der Waals surface area contributed by atoms with E-state index >= 15 is 0 Å². The van der Waals surface area contributed by atoms with E-state index < -0.39 is 47.9 Å². The molecule has 3 amide bonds. The van der Waals surface area contributed by atoms with Gasteiger partial charge in [0.25, 0.3) is 0 Å². The molecule has 0 heterocycles. The van der Waals surface area contributed by atoms with Crippen LogP contribution in [-0.2, 0) is 25.6 Å². The van der Waals surface area contributed by atoms with Crippen molar-refractivity contribution in [3.63, 3.8) is 0 Å². The summed E-state index contributed by atoms with van der Waals surface area (Å²) in [6, 6.07) is 5.25. The fourth-order valence-corrected chi connectivity index (χ4v) is 3.62. The number of aliphatic carboxylic acids is 1. The van der Waals surface area contributed by atoms with Gasteiger partial charge in [0.2, 0.25) is 17.7 Å². The molecule has 0 aliphatic rings. The Labute approximate surface area is 205 Å². The molecule has 4 unspecified atom stereocenters. The molecule has 8 N–H and O–H groups in total. The minimum Gasteiger partial charge on any atom is -0.480 e. The third kappa shape index (κ3) is 11.0. The molecule has 0 spiro atoms. The van der Waals surface area contributed by atoms with Gasteiger partial charge in [-0.05, 0) is 50.3 Å². The molecular formula is C23H37N5O5S. The first-order chi connectivity index (χ1) is 16.2. The maximum absolute atomic E-state index is 12.9. The number of nitrogens with one attached hydrogen (secondary N) is 3. The maximum atomic E-state index is 12.9. The topological polar surface area (TPSA) is 177 Å². The van der Waals surface area contributed by atoms with Crippen LogP contribution in [0.15, 0.2) is 30.3 Å². The Kier molecular flexibility index (Phi) is 13.9. The predicted octanol–water partition coefficient (Wildman–Crippen LogP) is -0.00260. The first-order valence-electron chi connectivity index (χ1n) is 11.3. The number of nitrogens with two attached hydrogens (primary N) is 2. The van der Waals surface area contributed by atoms with E-state index in [1.165, 1.54) is 18.7 Å². The third-order valence-corrected chi connectivity index (χ3v) is 5.84. The number of carboxylic acids is 1. The molecule has 190 valence electrons. The van der Waals surface area contributed by atoms with Crippen LogP contribution in [0.4, 0.5) is 0 Å². The summed E-state index contributed by atoms with van der Waals surface area (Å²) in [5.41, 5.74) is 12.1. The van der Waals surface area contributed by atoms with Gasteiger partial charge in [0.15, 0.2) is 0 Å². The summed E-state index contributed by atoms with van der Waals surface area (Å²) in [4.78, 5) is 49.6. The number of rotatable bonds is 16. The van der Waals surface area contributed by atoms with E-state index in [1.807, 2.05) is 12.3 Å². The second-order valence-corrected chi connectivity index (χ2v) is 9.04. The van der Waals surface area contributed by atoms with Crippen LogP contribution in [0.3, 0.4) is 0 Å². The molecule has 0 saturated carbocycles. The number of benzene rings is 1. The van der Waals surface area contributed by atoms with Crippen molar-refractivity contribution in [1.29, 1.82) is 0 Å². The molecule has 0 saturated heterocycles. The highest BCUT2D eigenvalue weighted by Crippen LogP contribution is 2.07. The van der Waals surface area contributed by atoms with Crippen LogP contribution in [-0.4, -0.2) is 71.5 Å². The van der Waals surface area contributed by atoms with Crippen molar-refractivity contribution in [2.24, 2.45) is 11.5 Å². The molecule has 0 aliphatic carbocycles. The van der Waals surface area contributed by atoms with Gasteiger partial charge in [-0.25, -0.2) is 4.79 Å². The number of hydrogen-bond acceptors (Lipinski definition) is 7. The van der Waals surface area contributed by atoms with E-state index in [1.54, 1.807) is 24.3 Å². The van der Waals surface area contributed by atoms with Gasteiger partial charge < -0.3 is 32.5 Å². The van der Waals surface area contributed by atoms with Gasteiger partial charge in [-0.2, -0.15) is 11.8 Å². The zero-order valence-corrected chi connectivity index (χ0v) is 20.6. The Morgan fingerprint density at radius 2 is 1.59 bits per heavy atom. The lowest BCUT2D eigenvalue weighted by atomic mass is 10.0. The maximum Gasteiger partial charge on any atom is 0.326 e. The van der Waals surface area contributed by atoms with Crippen LogP contribution < -0.4 is 27.4 Å². The normalized spacial score (nSPS) is 14.4. The van der Waals surface area contributed by atoms with Gasteiger partial charge in [0.1, 0.15) is 18.1 Å². The molecule has 10 nitrogen and oxygen atoms in total. The molecule has 1 aromatic carbocycles. The lowest BCUT2D eigenvalue weighted by Gasteiger charge is -2.24. The molecule has 0 aliphatic heterocycles. The van der Waals surface area contributed by atoms with Crippen molar-refractivity contribution in [2.75, 3.05) is 18.6 Å². The molecule has 1 rings (SSSR count). The summed E-state index contributed by atoms with van der Waals surface area (Å²) in [6.07, 6.45) is 4.16. The molecule has 1 aromatic rings. The summed E-state index contributed by atoms with van der Waals surface area (Å²) in [7, 11) is 0. The summed E-state index contributed by atoms with van der Waals surface area (Å²) in [5.74, 6) is -2.23. The van der Waals surface area contributed by atoms with Crippen molar-refractivity contribution in [3.05, 3.63) is 35.9 Å². The largest absolute Gasteiger partial charge is 0.480 e. The smallest absolute Gasteiger partial charge is 0.326 e. The Balaban J connectivity index is 2.85. The molecular weight excluding hydrogens is 458 g/mol. The fraction of sp³-hybridized carbons (Fsp3) is 0.565. The van der Waals surface area contributed by atoms with E-state index in [2.05, 4.69) is 16.0 Å². The standard InChI is InChI=1S/C23H37N5O5S/c1-15(26-21(30)17(25)10-6-7-12-24)20(29)28-19(14-16-8-4-3-5-9-16)22(31)27-18(23(32)33)11-13-34-2/h3-5,8-9,15,17-19H,6-7,10-14,24-25H2,1-2H3,(H,26,30)(H,27,31)(H,28,29)(H,32,33). The second kappa shape index (κ2) is 16.1. The lowest BCUT2D eigenvalue weighted by molar-refractivity contribution is -0.142. The number of unbranched alkanes of at least 4 members (excludes halogenated alkanes) is 1. The van der Waals surface area contributed by atoms with Gasteiger partial charge in [0.05, 0.1) is 6.04 Å². The van der Waals surface area contributed by atoms with E-state index in [0.717, 1.165) is 12.0 Å². The SMILES string of the molecule is CSCCC(NC(=O)C(Cc1ccccc1)NC(=O)C(C)NC(=O)C(N)CCCCN)C(=O)O. The minimum absolute atomic E-state index is 0.159. The molecule has 0 bridgehead atoms. The Hall–Kier alpha value is -2.63. The van der Waals surface area contributed by atoms with Crippen LogP contribution >= 0.6 is 11.8 Å². The Morgan fingerprint density at radius 1 is 0.941 bits per heavy atom. The monoisotopic (exact) mass is 495 g/mol. The molecule has 34 heavy (non-hydrogen) atoms. The van der Waals surface area contributed by atoms with E-state index in [9.17, 15) is 24.3 Å². The predicted molar refractivity (Wildman–Crippen MR) is 133 cm³/mol. The van der Waals surface area contributed by atoms with Gasteiger partial charge in [-0.3, -0.25) is 14.4 Å². The number of carbonyl (C=O) groups is 4. The lowest BCUT2D eigenvalue weighted by Crippen LogP contribution is -2.57. The van der Waals surface area contributed by atoms with Crippen LogP contribution in [0.2, 0.25) is 0 Å². The van der Waals surface area contributed by atoms with Gasteiger partial charge in [-0.15, -0.1) is 0 Å². The van der Waals surface area contributed by atoms with E-state index in [0.29, 0.717) is 25.1 Å². The minimum atomic E-state index is -1.14. The zero-order chi connectivity index (χ0) is 25.5. The van der Waals surface area contributed by atoms with Crippen LogP contribution in [0.5, 0.6) is 0 Å². The number of carboxylic acid groups (broad SMARTS) is 1. The highest BCUT2D eigenvalue weighted by Gasteiger charge is 2.28. The fourth-order valence-electron chi connectivity index (χ4n) is 3.15. The summed E-state index contributed by atoms with van der Waals surface area (Å²) >= 11 is 1.47. The number of hydrogen-bond donors (Lipinski definition) is 6. The molecule has 0 fully saturated rings. The van der Waals surface area contributed by atoms with Crippen LogP contribution in [0.1, 0.15) is 38.2 Å². The van der Waals surface area contributed by atoms with Gasteiger partial charge in [-0.1, -0.05) is 36.8 Å². The van der Waals surface area contributed by atoms with E-state index in [-0.39, 0.29) is 12.8 Å². The van der Waals surface area contributed by atoms with Crippen molar-refractivity contribution < 1.29 is 24.3 Å². The van der Waals surface area contributed by atoms with Crippen molar-refractivity contribution in [3.8, 4) is 0 Å². The average molecular weight is 496 g/mol. The Bertz CT molecular complexity index is 795. The van der Waals surface area contributed by atoms with Crippen molar-refractivity contribution in [1.82, 2.24) is 16.0 Å². The van der Waals surface area contributed by atoms with Crippen LogP contribution in [0.25, 0.3) is 0 Å². The number of thioether (sulfide) groups is 1. The molecule has 4 atom stereocenters. The Morgan fingerprint density at radius 3 is 2.18 bits per heavy atom. The second-order valence-electron chi connectivity index (χ2n) is 8.05.